The van der Waals surface area contributed by atoms with Crippen LogP contribution in [0.5, 0.6) is 0 Å². The maximum absolute atomic E-state index is 13.7. The van der Waals surface area contributed by atoms with E-state index >= 15 is 0 Å². The molecule has 0 aliphatic carbocycles. The fourth-order valence-electron chi connectivity index (χ4n) is 6.50. The number of primary amides is 3. The third-order valence-electron chi connectivity index (χ3n) is 10.8. The first-order chi connectivity index (χ1) is 33.3. The number of aliphatic hydroxyl groups is 3. The van der Waals surface area contributed by atoms with E-state index < -0.39 is 177 Å². The van der Waals surface area contributed by atoms with Crippen LogP contribution in [0, 0.1) is 11.8 Å². The first kappa shape index (κ1) is 61.9. The Labute approximate surface area is 409 Å². The second kappa shape index (κ2) is 31.2. The predicted molar refractivity (Wildman–Crippen MR) is 250 cm³/mol. The van der Waals surface area contributed by atoms with Crippen LogP contribution in [0.4, 0.5) is 0 Å². The summed E-state index contributed by atoms with van der Waals surface area (Å²) in [6.07, 6.45) is -2.36. The Morgan fingerprint density at radius 2 is 0.986 bits per heavy atom. The van der Waals surface area contributed by atoms with Crippen LogP contribution in [-0.4, -0.2) is 160 Å². The number of hydrogen-bond acceptors (Lipinski definition) is 16. The first-order valence-electron chi connectivity index (χ1n) is 22.7. The van der Waals surface area contributed by atoms with Crippen molar-refractivity contribution in [2.24, 2.45) is 34.8 Å². The van der Waals surface area contributed by atoms with Crippen molar-refractivity contribution in [2.45, 2.75) is 134 Å². The predicted octanol–water partition coefficient (Wildman–Crippen LogP) is -6.89. The van der Waals surface area contributed by atoms with Gasteiger partial charge in [-0.1, -0.05) is 64.4 Å². The van der Waals surface area contributed by atoms with Crippen LogP contribution in [0.15, 0.2) is 30.3 Å². The third-order valence-corrected chi connectivity index (χ3v) is 10.8. The van der Waals surface area contributed by atoms with Gasteiger partial charge in [-0.15, -0.1) is 0 Å². The number of ketones is 1. The Balaban J connectivity index is 3.19. The van der Waals surface area contributed by atoms with Gasteiger partial charge in [0, 0.05) is 12.8 Å². The highest BCUT2D eigenvalue weighted by Gasteiger charge is 2.35. The zero-order valence-corrected chi connectivity index (χ0v) is 40.4. The number of Topliss-reactive ketones (excluding diaryl/α,β-unsaturated/α-hetero) is 1. The maximum atomic E-state index is 13.7. The highest BCUT2D eigenvalue weighted by Crippen LogP contribution is 2.13. The van der Waals surface area contributed by atoms with Crippen molar-refractivity contribution < 1.29 is 72.9 Å². The summed E-state index contributed by atoms with van der Waals surface area (Å²) >= 11 is 0. The van der Waals surface area contributed by atoms with Crippen molar-refractivity contribution in [3.05, 3.63) is 35.9 Å². The van der Waals surface area contributed by atoms with Gasteiger partial charge in [0.15, 0.2) is 5.78 Å². The highest BCUT2D eigenvalue weighted by molar-refractivity contribution is 6.00. The fraction of sp³-hybridized carbons (Fsp3) is 0.591. The van der Waals surface area contributed by atoms with E-state index in [0.29, 0.717) is 12.0 Å². The molecule has 27 nitrogen and oxygen atoms in total. The van der Waals surface area contributed by atoms with Gasteiger partial charge in [-0.3, -0.25) is 57.5 Å². The number of rotatable bonds is 33. The molecule has 10 atom stereocenters. The second-order valence-corrected chi connectivity index (χ2v) is 17.2. The summed E-state index contributed by atoms with van der Waals surface area (Å²) in [7, 11) is 0. The minimum absolute atomic E-state index is 0.0348. The molecular weight excluding hydrogens is 937 g/mol. The normalized spacial score (nSPS) is 15.2. The molecule has 0 aliphatic heterocycles. The zero-order chi connectivity index (χ0) is 54.1. The van der Waals surface area contributed by atoms with Gasteiger partial charge in [0.2, 0.25) is 65.0 Å². The van der Waals surface area contributed by atoms with E-state index in [1.807, 2.05) is 0 Å². The summed E-state index contributed by atoms with van der Waals surface area (Å²) in [4.78, 5) is 155. The van der Waals surface area contributed by atoms with Crippen molar-refractivity contribution in [3.8, 4) is 0 Å². The largest absolute Gasteiger partial charge is 0.394 e. The van der Waals surface area contributed by atoms with Gasteiger partial charge < -0.3 is 80.8 Å². The van der Waals surface area contributed by atoms with Gasteiger partial charge in [0.1, 0.15) is 48.3 Å². The van der Waals surface area contributed by atoms with Gasteiger partial charge in [0.05, 0.1) is 38.7 Å². The van der Waals surface area contributed by atoms with Crippen LogP contribution in [0.2, 0.25) is 0 Å². The van der Waals surface area contributed by atoms with Crippen molar-refractivity contribution in [1.29, 1.82) is 0 Å². The lowest BCUT2D eigenvalue weighted by Crippen LogP contribution is -2.60. The first-order valence-corrected chi connectivity index (χ1v) is 22.7. The molecule has 0 saturated carbocycles. The zero-order valence-electron chi connectivity index (χ0n) is 40.4. The molecule has 396 valence electrons. The van der Waals surface area contributed by atoms with Crippen LogP contribution in [0.25, 0.3) is 0 Å². The molecule has 0 radical (unpaired) electrons. The summed E-state index contributed by atoms with van der Waals surface area (Å²) in [6.45, 7) is 5.57. The Kier molecular flexibility index (Phi) is 27.2. The second-order valence-electron chi connectivity index (χ2n) is 17.2. The number of amides is 11. The Hall–Kier alpha value is -7.10. The Morgan fingerprint density at radius 3 is 1.46 bits per heavy atom. The van der Waals surface area contributed by atoms with E-state index in [1.54, 1.807) is 58.0 Å². The monoisotopic (exact) mass is 1010 g/mol. The van der Waals surface area contributed by atoms with E-state index in [9.17, 15) is 72.9 Å². The quantitative estimate of drug-likeness (QED) is 0.0311. The average molecular weight is 1010 g/mol. The van der Waals surface area contributed by atoms with Crippen molar-refractivity contribution in [2.75, 3.05) is 19.8 Å². The smallest absolute Gasteiger partial charge is 0.245 e. The lowest BCUT2D eigenvalue weighted by molar-refractivity contribution is -0.136. The number of hydrogen-bond donors (Lipinski definition) is 15. The lowest BCUT2D eigenvalue weighted by Gasteiger charge is -2.29. The summed E-state index contributed by atoms with van der Waals surface area (Å²) in [5, 5.41) is 47.2. The summed E-state index contributed by atoms with van der Waals surface area (Å²) in [6, 6.07) is -5.04. The molecule has 0 heterocycles. The average Bonchev–Trinajstić information content (AvgIpc) is 3.31. The van der Waals surface area contributed by atoms with Gasteiger partial charge in [-0.25, -0.2) is 0 Å². The molecule has 0 aromatic heterocycles. The van der Waals surface area contributed by atoms with Crippen molar-refractivity contribution >= 4 is 70.8 Å². The number of carbonyl (C=O) groups excluding carboxylic acids is 12. The number of benzene rings is 1. The van der Waals surface area contributed by atoms with E-state index in [1.165, 1.54) is 6.92 Å². The van der Waals surface area contributed by atoms with Crippen LogP contribution in [0.1, 0.15) is 78.7 Å². The number of carbonyl (C=O) groups is 12. The Bertz CT molecular complexity index is 2040. The minimum atomic E-state index is -1.76. The molecule has 0 aliphatic rings. The molecule has 71 heavy (non-hydrogen) atoms. The summed E-state index contributed by atoms with van der Waals surface area (Å²) < 4.78 is 0. The van der Waals surface area contributed by atoms with E-state index in [4.69, 9.17) is 22.9 Å². The molecule has 27 heteroatoms. The van der Waals surface area contributed by atoms with Gasteiger partial charge >= 0.3 is 0 Å². The molecule has 1 aromatic rings. The number of aliphatic hydroxyl groups excluding tert-OH is 3. The summed E-state index contributed by atoms with van der Waals surface area (Å²) in [5.74, 6) is -12.3. The van der Waals surface area contributed by atoms with Gasteiger partial charge in [-0.05, 0) is 37.2 Å². The highest BCUT2D eigenvalue weighted by atomic mass is 16.3. The standard InChI is InChI=1S/C44H70N12O15/c1-6-22(4)36(44(71)53-27(14-21(2)3)40(67)55-31(20-59)43(70)54-30(19-58)37(48)64)56-38(65)23(5)49-35(63)13-12-32(60)26(15-24-10-8-7-9-11-24)50-41(68)29(17-34(47)62)52-42(69)28(16-33(46)61)51-39(66)25(45)18-57/h7-11,21-23,25-31,36,57-59H,6,12-20,45H2,1-5H3,(H2,46,61)(H2,47,62)(H2,48,64)(H,49,63)(H,50,68)(H,51,66)(H,52,69)(H,53,71)(H,54,70)(H,55,67)(H,56,65)/t22-,23-,25-,26-,27-,28-,29-,30-,31-,36-/m0/s1. The SMILES string of the molecule is CC[C@H](C)[C@H](NC(=O)[C@H](C)NC(=O)CCC(=O)[C@H](Cc1ccccc1)NC(=O)[C@H](CC(N)=O)NC(=O)[C@H](CC(N)=O)NC(=O)[C@@H](N)CO)C(=O)N[C@@H](CC(C)C)C(=O)N[C@@H](CO)C(=O)N[C@@H](CO)C(N)=O. The maximum Gasteiger partial charge on any atom is 0.245 e. The molecule has 0 unspecified atom stereocenters. The van der Waals surface area contributed by atoms with Gasteiger partial charge in [0.25, 0.3) is 0 Å². The van der Waals surface area contributed by atoms with E-state index in [2.05, 4.69) is 42.5 Å². The van der Waals surface area contributed by atoms with Crippen LogP contribution >= 0.6 is 0 Å². The van der Waals surface area contributed by atoms with Crippen molar-refractivity contribution in [1.82, 2.24) is 42.5 Å². The molecule has 0 bridgehead atoms. The minimum Gasteiger partial charge on any atom is -0.394 e. The molecule has 0 fully saturated rings. The van der Waals surface area contributed by atoms with Crippen LogP contribution in [-0.2, 0) is 64.0 Å². The van der Waals surface area contributed by atoms with Gasteiger partial charge in [-0.2, -0.15) is 0 Å². The van der Waals surface area contributed by atoms with Crippen LogP contribution < -0.4 is 65.5 Å². The number of nitrogens with two attached hydrogens (primary N) is 4. The Morgan fingerprint density at radius 1 is 0.521 bits per heavy atom. The van der Waals surface area contributed by atoms with Crippen LogP contribution in [0.3, 0.4) is 0 Å². The molecule has 0 saturated heterocycles. The summed E-state index contributed by atoms with van der Waals surface area (Å²) in [5.41, 5.74) is 21.7. The molecule has 11 amide bonds. The fourth-order valence-corrected chi connectivity index (χ4v) is 6.50. The van der Waals surface area contributed by atoms with E-state index in [-0.39, 0.29) is 18.8 Å². The topological polar surface area (TPSA) is 466 Å². The molecular formula is C44H70N12O15. The molecule has 19 N–H and O–H groups in total. The van der Waals surface area contributed by atoms with E-state index in [0.717, 1.165) is 0 Å². The number of nitrogens with one attached hydrogen (secondary N) is 8. The third kappa shape index (κ3) is 22.5. The molecule has 1 aromatic carbocycles. The lowest BCUT2D eigenvalue weighted by atomic mass is 9.96. The molecule has 0 spiro atoms. The molecule has 1 rings (SSSR count). The van der Waals surface area contributed by atoms with Crippen molar-refractivity contribution in [3.63, 3.8) is 0 Å².